The van der Waals surface area contributed by atoms with Crippen LogP contribution in [0.2, 0.25) is 0 Å². The molecule has 0 aromatic heterocycles. The third-order valence-corrected chi connectivity index (χ3v) is 3.27. The summed E-state index contributed by atoms with van der Waals surface area (Å²) in [5.41, 5.74) is 5.78. The third-order valence-electron chi connectivity index (χ3n) is 3.27. The molecule has 0 aromatic carbocycles. The summed E-state index contributed by atoms with van der Waals surface area (Å²) in [7, 11) is 0. The fraction of sp³-hybridized carbons (Fsp3) is 0.875. The van der Waals surface area contributed by atoms with Crippen molar-refractivity contribution in [1.82, 2.24) is 0 Å². The predicted molar refractivity (Wildman–Crippen MR) is 39.9 cm³/mol. The van der Waals surface area contributed by atoms with Gasteiger partial charge in [-0.25, -0.2) is 0 Å². The lowest BCUT2D eigenvalue weighted by molar-refractivity contribution is -0.144. The van der Waals surface area contributed by atoms with Gasteiger partial charge < -0.3 is 10.8 Å². The van der Waals surface area contributed by atoms with E-state index in [2.05, 4.69) is 0 Å². The van der Waals surface area contributed by atoms with Crippen molar-refractivity contribution in [1.29, 1.82) is 0 Å². The average molecular weight is 155 g/mol. The Hall–Kier alpha value is -0.570. The first-order valence-corrected chi connectivity index (χ1v) is 4.18. The Kier molecular flexibility index (Phi) is 1.42. The van der Waals surface area contributed by atoms with E-state index in [0.717, 1.165) is 19.3 Å². The number of nitrogens with two attached hydrogens (primary N) is 1. The molecule has 3 N–H and O–H groups in total. The second-order valence-electron chi connectivity index (χ2n) is 3.77. The van der Waals surface area contributed by atoms with E-state index in [4.69, 9.17) is 10.8 Å². The summed E-state index contributed by atoms with van der Waals surface area (Å²) in [5, 5.41) is 8.83. The summed E-state index contributed by atoms with van der Waals surface area (Å²) in [6.45, 7) is 0. The van der Waals surface area contributed by atoms with Gasteiger partial charge in [-0.3, -0.25) is 4.79 Å². The molecule has 3 nitrogen and oxygen atoms in total. The molecule has 62 valence electrons. The zero-order valence-electron chi connectivity index (χ0n) is 6.36. The van der Waals surface area contributed by atoms with Crippen LogP contribution in [0.5, 0.6) is 0 Å². The molecule has 0 amide bonds. The van der Waals surface area contributed by atoms with Gasteiger partial charge in [-0.05, 0) is 31.1 Å². The van der Waals surface area contributed by atoms with Crippen molar-refractivity contribution in [3.05, 3.63) is 0 Å². The van der Waals surface area contributed by atoms with Crippen molar-refractivity contribution in [2.45, 2.75) is 25.3 Å². The lowest BCUT2D eigenvalue weighted by Crippen LogP contribution is -2.40. The largest absolute Gasteiger partial charge is 0.481 e. The van der Waals surface area contributed by atoms with Crippen LogP contribution in [0, 0.1) is 17.8 Å². The normalized spacial score (nSPS) is 48.1. The summed E-state index contributed by atoms with van der Waals surface area (Å²) < 4.78 is 0. The van der Waals surface area contributed by atoms with Gasteiger partial charge in [0.15, 0.2) is 0 Å². The maximum atomic E-state index is 10.7. The zero-order chi connectivity index (χ0) is 8.01. The van der Waals surface area contributed by atoms with E-state index < -0.39 is 5.97 Å². The van der Waals surface area contributed by atoms with Gasteiger partial charge in [-0.15, -0.1) is 0 Å². The minimum Gasteiger partial charge on any atom is -0.481 e. The standard InChI is InChI=1S/C8H13NO2/c9-7-5-2-1-4(3-5)6(7)8(10)11/h4-7H,1-3,9H2,(H,10,11)/t4-,5+,6?,7+/m1/s1. The van der Waals surface area contributed by atoms with Crippen LogP contribution in [-0.2, 0) is 4.79 Å². The van der Waals surface area contributed by atoms with Crippen molar-refractivity contribution in [2.24, 2.45) is 23.5 Å². The van der Waals surface area contributed by atoms with E-state index >= 15 is 0 Å². The molecule has 2 bridgehead atoms. The van der Waals surface area contributed by atoms with Gasteiger partial charge >= 0.3 is 5.97 Å². The Labute approximate surface area is 65.6 Å². The number of fused-ring (bicyclic) bond motifs is 2. The second-order valence-corrected chi connectivity index (χ2v) is 3.77. The quantitative estimate of drug-likeness (QED) is 0.577. The van der Waals surface area contributed by atoms with E-state index in [1.54, 1.807) is 0 Å². The highest BCUT2D eigenvalue weighted by Crippen LogP contribution is 2.47. The monoisotopic (exact) mass is 155 g/mol. The summed E-state index contributed by atoms with van der Waals surface area (Å²) in [4.78, 5) is 10.7. The maximum Gasteiger partial charge on any atom is 0.308 e. The lowest BCUT2D eigenvalue weighted by atomic mass is 9.85. The van der Waals surface area contributed by atoms with Gasteiger partial charge in [0, 0.05) is 6.04 Å². The van der Waals surface area contributed by atoms with Crippen LogP contribution in [0.25, 0.3) is 0 Å². The second kappa shape index (κ2) is 2.21. The van der Waals surface area contributed by atoms with Crippen LogP contribution in [0.3, 0.4) is 0 Å². The molecule has 0 aliphatic heterocycles. The summed E-state index contributed by atoms with van der Waals surface area (Å²) >= 11 is 0. The molecule has 2 aliphatic rings. The Bertz CT molecular complexity index is 191. The molecule has 0 spiro atoms. The van der Waals surface area contributed by atoms with Crippen LogP contribution >= 0.6 is 0 Å². The third kappa shape index (κ3) is 0.872. The number of hydrogen-bond donors (Lipinski definition) is 2. The maximum absolute atomic E-state index is 10.7. The van der Waals surface area contributed by atoms with Gasteiger partial charge in [0.2, 0.25) is 0 Å². The SMILES string of the molecule is N[C@@H]1C(C(=O)O)[C@@H]2CC[C@H]1C2. The first-order valence-electron chi connectivity index (χ1n) is 4.18. The van der Waals surface area contributed by atoms with Gasteiger partial charge in [0.05, 0.1) is 5.92 Å². The molecule has 0 aromatic rings. The van der Waals surface area contributed by atoms with Crippen LogP contribution in [0.15, 0.2) is 0 Å². The molecule has 2 fully saturated rings. The number of hydrogen-bond acceptors (Lipinski definition) is 2. The molecule has 2 aliphatic carbocycles. The molecule has 2 saturated carbocycles. The number of rotatable bonds is 1. The molecule has 0 radical (unpaired) electrons. The van der Waals surface area contributed by atoms with E-state index in [-0.39, 0.29) is 12.0 Å². The van der Waals surface area contributed by atoms with Crippen LogP contribution in [0.4, 0.5) is 0 Å². The summed E-state index contributed by atoms with van der Waals surface area (Å²) in [5.74, 6) is -0.0490. The molecular weight excluding hydrogens is 142 g/mol. The zero-order valence-corrected chi connectivity index (χ0v) is 6.36. The summed E-state index contributed by atoms with van der Waals surface area (Å²) in [6.07, 6.45) is 3.28. The van der Waals surface area contributed by atoms with Crippen molar-refractivity contribution < 1.29 is 9.90 Å². The fourth-order valence-electron chi connectivity index (χ4n) is 2.70. The summed E-state index contributed by atoms with van der Waals surface area (Å²) in [6, 6.07) is -0.0637. The van der Waals surface area contributed by atoms with Crippen molar-refractivity contribution in [2.75, 3.05) is 0 Å². The first-order chi connectivity index (χ1) is 5.20. The van der Waals surface area contributed by atoms with E-state index in [9.17, 15) is 4.79 Å². The lowest BCUT2D eigenvalue weighted by Gasteiger charge is -2.23. The highest BCUT2D eigenvalue weighted by Gasteiger charge is 2.49. The van der Waals surface area contributed by atoms with Crippen molar-refractivity contribution in [3.8, 4) is 0 Å². The highest BCUT2D eigenvalue weighted by molar-refractivity contribution is 5.72. The molecule has 1 unspecified atom stereocenters. The van der Waals surface area contributed by atoms with Crippen LogP contribution in [-0.4, -0.2) is 17.1 Å². The van der Waals surface area contributed by atoms with E-state index in [1.807, 2.05) is 0 Å². The van der Waals surface area contributed by atoms with Gasteiger partial charge in [0.25, 0.3) is 0 Å². The van der Waals surface area contributed by atoms with Gasteiger partial charge in [-0.1, -0.05) is 0 Å². The Morgan fingerprint density at radius 1 is 1.36 bits per heavy atom. The number of carbonyl (C=O) groups is 1. The number of carboxylic acid groups (broad SMARTS) is 1. The predicted octanol–water partition coefficient (Wildman–Crippen LogP) is 0.444. The minimum absolute atomic E-state index is 0.0637. The highest BCUT2D eigenvalue weighted by atomic mass is 16.4. The first kappa shape index (κ1) is 7.10. The van der Waals surface area contributed by atoms with Crippen LogP contribution in [0.1, 0.15) is 19.3 Å². The van der Waals surface area contributed by atoms with E-state index in [1.165, 1.54) is 0 Å². The molecule has 11 heavy (non-hydrogen) atoms. The molecule has 0 heterocycles. The Balaban J connectivity index is 2.17. The smallest absolute Gasteiger partial charge is 0.308 e. The molecule has 3 heteroatoms. The van der Waals surface area contributed by atoms with Crippen molar-refractivity contribution in [3.63, 3.8) is 0 Å². The van der Waals surface area contributed by atoms with Crippen LogP contribution < -0.4 is 5.73 Å². The Morgan fingerprint density at radius 3 is 2.36 bits per heavy atom. The van der Waals surface area contributed by atoms with Gasteiger partial charge in [-0.2, -0.15) is 0 Å². The van der Waals surface area contributed by atoms with Crippen molar-refractivity contribution >= 4 is 5.97 Å². The molecule has 4 atom stereocenters. The average Bonchev–Trinajstić information content (AvgIpc) is 2.44. The minimum atomic E-state index is -0.690. The number of carboxylic acids is 1. The molecule has 2 rings (SSSR count). The number of aliphatic carboxylic acids is 1. The fourth-order valence-corrected chi connectivity index (χ4v) is 2.70. The Morgan fingerprint density at radius 2 is 2.00 bits per heavy atom. The topological polar surface area (TPSA) is 63.3 Å². The van der Waals surface area contributed by atoms with Gasteiger partial charge in [0.1, 0.15) is 0 Å². The van der Waals surface area contributed by atoms with E-state index in [0.29, 0.717) is 11.8 Å². The molecular formula is C8H13NO2. The molecule has 0 saturated heterocycles.